The lowest BCUT2D eigenvalue weighted by molar-refractivity contribution is 0.440. The molecule has 0 saturated carbocycles. The number of ether oxygens (including phenoxy) is 1. The quantitative estimate of drug-likeness (QED) is 0.723. The van der Waals surface area contributed by atoms with E-state index >= 15 is 0 Å². The van der Waals surface area contributed by atoms with Crippen molar-refractivity contribution in [2.24, 2.45) is 0 Å². The Morgan fingerprint density at radius 3 is 2.57 bits per heavy atom. The summed E-state index contributed by atoms with van der Waals surface area (Å²) in [5.74, 6) is 0.748. The molecular formula is C11H10N2O. The van der Waals surface area contributed by atoms with Crippen molar-refractivity contribution >= 4 is 0 Å². The van der Waals surface area contributed by atoms with Crippen molar-refractivity contribution in [2.75, 3.05) is 0 Å². The first-order chi connectivity index (χ1) is 6.84. The summed E-state index contributed by atoms with van der Waals surface area (Å²) < 4.78 is 5.44. The number of benzene rings is 1. The molecule has 0 aliphatic rings. The van der Waals surface area contributed by atoms with Gasteiger partial charge in [0.15, 0.2) is 0 Å². The van der Waals surface area contributed by atoms with Gasteiger partial charge in [-0.1, -0.05) is 18.2 Å². The summed E-state index contributed by atoms with van der Waals surface area (Å²) in [6.45, 7) is 1.90. The van der Waals surface area contributed by atoms with Gasteiger partial charge in [0.1, 0.15) is 5.75 Å². The molecule has 70 valence electrons. The van der Waals surface area contributed by atoms with Crippen molar-refractivity contribution in [1.29, 1.82) is 0 Å². The molecule has 1 aromatic carbocycles. The van der Waals surface area contributed by atoms with Crippen molar-refractivity contribution in [3.05, 3.63) is 48.3 Å². The lowest BCUT2D eigenvalue weighted by Gasteiger charge is -2.02. The van der Waals surface area contributed by atoms with Gasteiger partial charge in [0, 0.05) is 11.9 Å². The molecule has 0 amide bonds. The molecule has 0 aliphatic heterocycles. The van der Waals surface area contributed by atoms with Gasteiger partial charge in [-0.05, 0) is 25.1 Å². The van der Waals surface area contributed by atoms with E-state index in [9.17, 15) is 0 Å². The number of hydrogen-bond donors (Lipinski definition) is 0. The minimum absolute atomic E-state index is 0.385. The van der Waals surface area contributed by atoms with E-state index < -0.39 is 0 Å². The van der Waals surface area contributed by atoms with Gasteiger partial charge in [-0.25, -0.2) is 9.97 Å². The van der Waals surface area contributed by atoms with Crippen LogP contribution in [0.1, 0.15) is 5.69 Å². The zero-order chi connectivity index (χ0) is 9.80. The highest BCUT2D eigenvalue weighted by atomic mass is 16.5. The van der Waals surface area contributed by atoms with Gasteiger partial charge >= 0.3 is 6.01 Å². The maximum atomic E-state index is 5.44. The maximum Gasteiger partial charge on any atom is 0.322 e. The minimum atomic E-state index is 0.385. The summed E-state index contributed by atoms with van der Waals surface area (Å²) in [5, 5.41) is 0. The van der Waals surface area contributed by atoms with Crippen LogP contribution >= 0.6 is 0 Å². The van der Waals surface area contributed by atoms with Gasteiger partial charge in [0.25, 0.3) is 0 Å². The molecule has 3 nitrogen and oxygen atoms in total. The van der Waals surface area contributed by atoms with Crippen LogP contribution in [0.4, 0.5) is 0 Å². The molecule has 0 bridgehead atoms. The fourth-order valence-corrected chi connectivity index (χ4v) is 1.07. The molecule has 0 atom stereocenters. The normalized spacial score (nSPS) is 9.79. The molecular weight excluding hydrogens is 176 g/mol. The van der Waals surface area contributed by atoms with Gasteiger partial charge in [-0.2, -0.15) is 0 Å². The Bertz CT molecular complexity index is 415. The predicted molar refractivity (Wildman–Crippen MR) is 53.3 cm³/mol. The molecule has 1 heterocycles. The maximum absolute atomic E-state index is 5.44. The van der Waals surface area contributed by atoms with Crippen LogP contribution in [0.2, 0.25) is 0 Å². The molecule has 2 rings (SSSR count). The van der Waals surface area contributed by atoms with E-state index in [-0.39, 0.29) is 0 Å². The highest BCUT2D eigenvalue weighted by molar-refractivity contribution is 5.24. The van der Waals surface area contributed by atoms with Gasteiger partial charge in [0.2, 0.25) is 0 Å². The average molecular weight is 186 g/mol. The standard InChI is InChI=1S/C11H10N2O/c1-9-7-8-12-11(13-9)14-10-5-3-2-4-6-10/h2-8H,1H3. The summed E-state index contributed by atoms with van der Waals surface area (Å²) >= 11 is 0. The molecule has 0 saturated heterocycles. The Balaban J connectivity index is 2.19. The molecule has 0 unspecified atom stereocenters. The fraction of sp³-hybridized carbons (Fsp3) is 0.0909. The number of para-hydroxylation sites is 1. The van der Waals surface area contributed by atoms with E-state index in [0.717, 1.165) is 11.4 Å². The van der Waals surface area contributed by atoms with Crippen LogP contribution in [0.5, 0.6) is 11.8 Å². The van der Waals surface area contributed by atoms with Crippen LogP contribution in [0, 0.1) is 6.92 Å². The Morgan fingerprint density at radius 1 is 1.07 bits per heavy atom. The van der Waals surface area contributed by atoms with Crippen LogP contribution in [0.15, 0.2) is 42.6 Å². The van der Waals surface area contributed by atoms with Crippen LogP contribution in [-0.2, 0) is 0 Å². The van der Waals surface area contributed by atoms with Gasteiger partial charge < -0.3 is 4.74 Å². The second-order valence-corrected chi connectivity index (χ2v) is 2.90. The van der Waals surface area contributed by atoms with Crippen LogP contribution in [0.3, 0.4) is 0 Å². The predicted octanol–water partition coefficient (Wildman–Crippen LogP) is 2.58. The molecule has 14 heavy (non-hydrogen) atoms. The third-order valence-electron chi connectivity index (χ3n) is 1.73. The van der Waals surface area contributed by atoms with E-state index in [1.165, 1.54) is 0 Å². The minimum Gasteiger partial charge on any atom is -0.424 e. The third-order valence-corrected chi connectivity index (χ3v) is 1.73. The zero-order valence-electron chi connectivity index (χ0n) is 7.84. The van der Waals surface area contributed by atoms with Crippen molar-refractivity contribution in [3.63, 3.8) is 0 Å². The number of hydrogen-bond acceptors (Lipinski definition) is 3. The van der Waals surface area contributed by atoms with E-state index in [4.69, 9.17) is 4.74 Å². The van der Waals surface area contributed by atoms with Crippen LogP contribution in [-0.4, -0.2) is 9.97 Å². The lowest BCUT2D eigenvalue weighted by atomic mass is 10.3. The first-order valence-electron chi connectivity index (χ1n) is 4.37. The monoisotopic (exact) mass is 186 g/mol. The fourth-order valence-electron chi connectivity index (χ4n) is 1.07. The molecule has 2 aromatic rings. The third kappa shape index (κ3) is 2.07. The molecule has 0 N–H and O–H groups in total. The Hall–Kier alpha value is -1.90. The topological polar surface area (TPSA) is 35.0 Å². The molecule has 0 spiro atoms. The summed E-state index contributed by atoms with van der Waals surface area (Å²) in [6.07, 6.45) is 1.68. The van der Waals surface area contributed by atoms with Gasteiger partial charge in [-0.15, -0.1) is 0 Å². The number of nitrogens with zero attached hydrogens (tertiary/aromatic N) is 2. The smallest absolute Gasteiger partial charge is 0.322 e. The van der Waals surface area contributed by atoms with Crippen LogP contribution < -0.4 is 4.74 Å². The lowest BCUT2D eigenvalue weighted by Crippen LogP contribution is -1.92. The van der Waals surface area contributed by atoms with E-state index in [2.05, 4.69) is 9.97 Å². The highest BCUT2D eigenvalue weighted by Gasteiger charge is 1.98. The summed E-state index contributed by atoms with van der Waals surface area (Å²) in [7, 11) is 0. The van der Waals surface area contributed by atoms with E-state index in [0.29, 0.717) is 6.01 Å². The summed E-state index contributed by atoms with van der Waals surface area (Å²) in [6, 6.07) is 11.7. The Morgan fingerprint density at radius 2 is 1.86 bits per heavy atom. The first-order valence-corrected chi connectivity index (χ1v) is 4.37. The van der Waals surface area contributed by atoms with Crippen molar-refractivity contribution < 1.29 is 4.74 Å². The van der Waals surface area contributed by atoms with Crippen molar-refractivity contribution in [2.45, 2.75) is 6.92 Å². The molecule has 0 aliphatic carbocycles. The highest BCUT2D eigenvalue weighted by Crippen LogP contribution is 2.15. The molecule has 3 heteroatoms. The van der Waals surface area contributed by atoms with Gasteiger partial charge in [-0.3, -0.25) is 0 Å². The first kappa shape index (κ1) is 8.69. The largest absolute Gasteiger partial charge is 0.424 e. The summed E-state index contributed by atoms with van der Waals surface area (Å²) in [5.41, 5.74) is 0.894. The number of aromatic nitrogens is 2. The van der Waals surface area contributed by atoms with Crippen LogP contribution in [0.25, 0.3) is 0 Å². The molecule has 0 fully saturated rings. The second-order valence-electron chi connectivity index (χ2n) is 2.90. The Kier molecular flexibility index (Phi) is 2.40. The van der Waals surface area contributed by atoms with Crippen molar-refractivity contribution in [1.82, 2.24) is 9.97 Å². The van der Waals surface area contributed by atoms with Gasteiger partial charge in [0.05, 0.1) is 0 Å². The number of rotatable bonds is 2. The second kappa shape index (κ2) is 3.87. The summed E-state index contributed by atoms with van der Waals surface area (Å²) in [4.78, 5) is 8.14. The zero-order valence-corrected chi connectivity index (χ0v) is 7.84. The average Bonchev–Trinajstić information content (AvgIpc) is 2.19. The Labute approximate surface area is 82.4 Å². The SMILES string of the molecule is Cc1ccnc(Oc2ccccc2)n1. The van der Waals surface area contributed by atoms with E-state index in [1.54, 1.807) is 6.20 Å². The molecule has 0 radical (unpaired) electrons. The molecule has 1 aromatic heterocycles. The van der Waals surface area contributed by atoms with Crippen molar-refractivity contribution in [3.8, 4) is 11.8 Å². The van der Waals surface area contributed by atoms with E-state index in [1.807, 2.05) is 43.3 Å². The number of aryl methyl sites for hydroxylation is 1.